The van der Waals surface area contributed by atoms with Gasteiger partial charge in [-0.2, -0.15) is 5.26 Å². The number of hydrogen-bond acceptors (Lipinski definition) is 4. The van der Waals surface area contributed by atoms with Crippen LogP contribution in [0.5, 0.6) is 0 Å². The molecular weight excluding hydrogens is 308 g/mol. The van der Waals surface area contributed by atoms with E-state index >= 15 is 0 Å². The van der Waals surface area contributed by atoms with Gasteiger partial charge in [-0.25, -0.2) is 4.79 Å². The molecule has 0 saturated carbocycles. The standard InChI is InChI=1S/C17H18N4O3/c1-4-20-11-14(9-18)16(23)21(17(20)24)10-12-5-7-13(8-6-12)15(22)19(2)3/h5-8,11H,4,10H2,1-3H3. The maximum absolute atomic E-state index is 12.3. The van der Waals surface area contributed by atoms with Crippen molar-refractivity contribution < 1.29 is 4.79 Å². The molecule has 1 aromatic heterocycles. The van der Waals surface area contributed by atoms with Gasteiger partial charge < -0.3 is 4.90 Å². The topological polar surface area (TPSA) is 88.1 Å². The molecule has 1 amide bonds. The Hall–Kier alpha value is -3.14. The lowest BCUT2D eigenvalue weighted by Crippen LogP contribution is -2.40. The maximum atomic E-state index is 12.3. The summed E-state index contributed by atoms with van der Waals surface area (Å²) in [5, 5.41) is 9.05. The van der Waals surface area contributed by atoms with E-state index in [2.05, 4.69) is 0 Å². The first-order chi connectivity index (χ1) is 11.4. The molecule has 0 fully saturated rings. The highest BCUT2D eigenvalue weighted by Crippen LogP contribution is 2.07. The Morgan fingerprint density at radius 1 is 1.21 bits per heavy atom. The highest BCUT2D eigenvalue weighted by molar-refractivity contribution is 5.93. The Balaban J connectivity index is 2.42. The minimum absolute atomic E-state index is 0.0453. The highest BCUT2D eigenvalue weighted by atomic mass is 16.2. The molecule has 2 rings (SSSR count). The molecule has 0 N–H and O–H groups in total. The molecule has 0 radical (unpaired) electrons. The molecule has 0 aliphatic rings. The first-order valence-corrected chi connectivity index (χ1v) is 7.44. The minimum Gasteiger partial charge on any atom is -0.345 e. The number of rotatable bonds is 4. The van der Waals surface area contributed by atoms with Crippen molar-refractivity contribution in [3.63, 3.8) is 0 Å². The Morgan fingerprint density at radius 2 is 1.83 bits per heavy atom. The van der Waals surface area contributed by atoms with Crippen LogP contribution in [-0.4, -0.2) is 34.0 Å². The lowest BCUT2D eigenvalue weighted by atomic mass is 10.1. The normalized spacial score (nSPS) is 10.2. The van der Waals surface area contributed by atoms with E-state index in [0.29, 0.717) is 17.7 Å². The van der Waals surface area contributed by atoms with Gasteiger partial charge in [0.2, 0.25) is 0 Å². The van der Waals surface area contributed by atoms with Crippen LogP contribution in [0.4, 0.5) is 0 Å². The summed E-state index contributed by atoms with van der Waals surface area (Å²) in [6, 6.07) is 8.50. The van der Waals surface area contributed by atoms with Gasteiger partial charge in [0.25, 0.3) is 11.5 Å². The van der Waals surface area contributed by atoms with Crippen LogP contribution >= 0.6 is 0 Å². The predicted octanol–water partition coefficient (Wildman–Crippen LogP) is 0.652. The number of hydrogen-bond donors (Lipinski definition) is 0. The van der Waals surface area contributed by atoms with Crippen LogP contribution in [0.15, 0.2) is 40.1 Å². The molecule has 0 atom stereocenters. The predicted molar refractivity (Wildman–Crippen MR) is 88.9 cm³/mol. The summed E-state index contributed by atoms with van der Waals surface area (Å²) >= 11 is 0. The van der Waals surface area contributed by atoms with Gasteiger partial charge in [-0.15, -0.1) is 0 Å². The number of amides is 1. The Kier molecular flexibility index (Phi) is 4.99. The van der Waals surface area contributed by atoms with Gasteiger partial charge in [0.05, 0.1) is 6.54 Å². The number of nitriles is 1. The van der Waals surface area contributed by atoms with E-state index in [1.807, 2.05) is 6.07 Å². The van der Waals surface area contributed by atoms with E-state index in [1.165, 1.54) is 15.7 Å². The van der Waals surface area contributed by atoms with Crippen molar-refractivity contribution in [2.75, 3.05) is 14.1 Å². The van der Waals surface area contributed by atoms with Gasteiger partial charge in [-0.1, -0.05) is 12.1 Å². The molecule has 124 valence electrons. The molecule has 24 heavy (non-hydrogen) atoms. The van der Waals surface area contributed by atoms with Gasteiger partial charge in [0, 0.05) is 32.4 Å². The van der Waals surface area contributed by atoms with E-state index in [4.69, 9.17) is 5.26 Å². The highest BCUT2D eigenvalue weighted by Gasteiger charge is 2.12. The summed E-state index contributed by atoms with van der Waals surface area (Å²) in [7, 11) is 3.33. The van der Waals surface area contributed by atoms with Crippen LogP contribution in [0, 0.1) is 11.3 Å². The van der Waals surface area contributed by atoms with Gasteiger partial charge >= 0.3 is 5.69 Å². The van der Waals surface area contributed by atoms with E-state index in [-0.39, 0.29) is 18.0 Å². The molecule has 0 bridgehead atoms. The summed E-state index contributed by atoms with van der Waals surface area (Å²) in [6.07, 6.45) is 1.28. The number of carbonyl (C=O) groups excluding carboxylic acids is 1. The van der Waals surface area contributed by atoms with Gasteiger partial charge in [-0.3, -0.25) is 18.7 Å². The molecular formula is C17H18N4O3. The third-order valence-electron chi connectivity index (χ3n) is 3.65. The molecule has 0 aliphatic carbocycles. The smallest absolute Gasteiger partial charge is 0.331 e. The van der Waals surface area contributed by atoms with Crippen molar-refractivity contribution in [2.45, 2.75) is 20.0 Å². The summed E-state index contributed by atoms with van der Waals surface area (Å²) in [5.74, 6) is -0.126. The van der Waals surface area contributed by atoms with Crippen molar-refractivity contribution in [1.82, 2.24) is 14.0 Å². The average molecular weight is 326 g/mol. The quantitative estimate of drug-likeness (QED) is 0.825. The SMILES string of the molecule is CCn1cc(C#N)c(=O)n(Cc2ccc(C(=O)N(C)C)cc2)c1=O. The van der Waals surface area contributed by atoms with Crippen LogP contribution in [0.2, 0.25) is 0 Å². The van der Waals surface area contributed by atoms with Crippen LogP contribution in [-0.2, 0) is 13.1 Å². The van der Waals surface area contributed by atoms with Crippen molar-refractivity contribution in [3.8, 4) is 6.07 Å². The first-order valence-electron chi connectivity index (χ1n) is 7.44. The third-order valence-corrected chi connectivity index (χ3v) is 3.65. The second-order valence-electron chi connectivity index (χ2n) is 5.51. The molecule has 2 aromatic rings. The van der Waals surface area contributed by atoms with Crippen molar-refractivity contribution in [2.24, 2.45) is 0 Å². The third kappa shape index (κ3) is 3.27. The van der Waals surface area contributed by atoms with E-state index in [9.17, 15) is 14.4 Å². The Bertz CT molecular complexity index is 915. The minimum atomic E-state index is -0.611. The molecule has 0 saturated heterocycles. The zero-order valence-electron chi connectivity index (χ0n) is 13.8. The van der Waals surface area contributed by atoms with Gasteiger partial charge in [0.1, 0.15) is 11.6 Å². The van der Waals surface area contributed by atoms with Crippen molar-refractivity contribution >= 4 is 5.91 Å². The zero-order chi connectivity index (χ0) is 17.9. The zero-order valence-corrected chi connectivity index (χ0v) is 13.8. The molecule has 0 aliphatic heterocycles. The number of carbonyl (C=O) groups is 1. The largest absolute Gasteiger partial charge is 0.345 e. The average Bonchev–Trinajstić information content (AvgIpc) is 2.58. The van der Waals surface area contributed by atoms with E-state index in [0.717, 1.165) is 4.57 Å². The first kappa shape index (κ1) is 17.2. The number of nitrogens with zero attached hydrogens (tertiary/aromatic N) is 4. The molecule has 7 nitrogen and oxygen atoms in total. The molecule has 0 spiro atoms. The summed E-state index contributed by atoms with van der Waals surface area (Å²) in [4.78, 5) is 37.9. The second-order valence-corrected chi connectivity index (χ2v) is 5.51. The van der Waals surface area contributed by atoms with Crippen molar-refractivity contribution in [1.29, 1.82) is 5.26 Å². The number of benzene rings is 1. The number of aromatic nitrogens is 2. The maximum Gasteiger partial charge on any atom is 0.331 e. The lowest BCUT2D eigenvalue weighted by molar-refractivity contribution is 0.0827. The fourth-order valence-electron chi connectivity index (χ4n) is 2.29. The Labute approximate surface area is 139 Å². The lowest BCUT2D eigenvalue weighted by Gasteiger charge is -2.12. The van der Waals surface area contributed by atoms with Crippen molar-refractivity contribution in [3.05, 3.63) is 68.0 Å². The number of aryl methyl sites for hydroxylation is 1. The molecule has 7 heteroatoms. The van der Waals surface area contributed by atoms with Crippen LogP contribution in [0.3, 0.4) is 0 Å². The van der Waals surface area contributed by atoms with E-state index in [1.54, 1.807) is 45.3 Å². The fourth-order valence-corrected chi connectivity index (χ4v) is 2.29. The monoisotopic (exact) mass is 326 g/mol. The van der Waals surface area contributed by atoms with Gasteiger partial charge in [-0.05, 0) is 24.6 Å². The van der Waals surface area contributed by atoms with Crippen LogP contribution < -0.4 is 11.2 Å². The summed E-state index contributed by atoms with van der Waals surface area (Å²) < 4.78 is 2.36. The van der Waals surface area contributed by atoms with E-state index < -0.39 is 11.2 Å². The Morgan fingerprint density at radius 3 is 2.33 bits per heavy atom. The van der Waals surface area contributed by atoms with Crippen LogP contribution in [0.1, 0.15) is 28.4 Å². The second kappa shape index (κ2) is 6.96. The van der Waals surface area contributed by atoms with Crippen LogP contribution in [0.25, 0.3) is 0 Å². The fraction of sp³-hybridized carbons (Fsp3) is 0.294. The molecule has 1 aromatic carbocycles. The molecule has 0 unspecified atom stereocenters. The molecule has 1 heterocycles. The summed E-state index contributed by atoms with van der Waals surface area (Å²) in [6.45, 7) is 2.17. The summed E-state index contributed by atoms with van der Waals surface area (Å²) in [5.41, 5.74) is 0.0709. The van der Waals surface area contributed by atoms with Gasteiger partial charge in [0.15, 0.2) is 0 Å².